The lowest BCUT2D eigenvalue weighted by Crippen LogP contribution is -2.72. The van der Waals surface area contributed by atoms with E-state index in [0.717, 1.165) is 11.8 Å². The molecule has 0 spiro atoms. The predicted molar refractivity (Wildman–Crippen MR) is 191 cm³/mol. The number of hydrogen-bond acceptors (Lipinski definition) is 0. The van der Waals surface area contributed by atoms with Gasteiger partial charge < -0.3 is 0 Å². The molecule has 0 aliphatic heterocycles. The molecule has 0 amide bonds. The molecular formula is C34H28I4. The number of benzene rings is 4. The van der Waals surface area contributed by atoms with E-state index in [4.69, 9.17) is 0 Å². The van der Waals surface area contributed by atoms with Gasteiger partial charge in [-0.1, -0.05) is 48.5 Å². The fourth-order valence-corrected chi connectivity index (χ4v) is 10.7. The Balaban J connectivity index is 1.65. The monoisotopic (exact) mass is 944 g/mol. The summed E-state index contributed by atoms with van der Waals surface area (Å²) in [6.45, 7) is 0. The SMILES string of the molecule is Ic1ccc(C23CC4CC(C2)CC(c2ccc(I)cc2)(C4)C3(c2ccc(I)cc2)c2ccc(I)cc2)cc1. The molecule has 8 rings (SSSR count). The Morgan fingerprint density at radius 1 is 0.395 bits per heavy atom. The quantitative estimate of drug-likeness (QED) is 0.179. The summed E-state index contributed by atoms with van der Waals surface area (Å²) in [6.07, 6.45) is 6.48. The van der Waals surface area contributed by atoms with Crippen LogP contribution in [0.5, 0.6) is 0 Å². The van der Waals surface area contributed by atoms with Crippen molar-refractivity contribution in [1.82, 2.24) is 0 Å². The van der Waals surface area contributed by atoms with Gasteiger partial charge in [0, 0.05) is 30.5 Å². The second-order valence-corrected chi connectivity index (χ2v) is 16.7. The third-order valence-electron chi connectivity index (χ3n) is 10.00. The highest BCUT2D eigenvalue weighted by Gasteiger charge is 2.73. The van der Waals surface area contributed by atoms with E-state index in [1.54, 1.807) is 11.1 Å². The van der Waals surface area contributed by atoms with E-state index in [1.807, 2.05) is 0 Å². The van der Waals surface area contributed by atoms with E-state index in [1.165, 1.54) is 57.5 Å². The van der Waals surface area contributed by atoms with Gasteiger partial charge in [-0.15, -0.1) is 0 Å². The van der Waals surface area contributed by atoms with Gasteiger partial charge in [-0.25, -0.2) is 0 Å². The van der Waals surface area contributed by atoms with Gasteiger partial charge in [-0.2, -0.15) is 0 Å². The smallest absolute Gasteiger partial charge is 0.0396 e. The minimum absolute atomic E-state index is 0.0456. The van der Waals surface area contributed by atoms with E-state index in [-0.39, 0.29) is 16.2 Å². The molecule has 4 saturated carbocycles. The Labute approximate surface area is 280 Å². The maximum atomic E-state index is 2.48. The molecule has 0 saturated heterocycles. The molecule has 4 fully saturated rings. The maximum Gasteiger partial charge on any atom is 0.0396 e. The molecule has 0 atom stereocenters. The summed E-state index contributed by atoms with van der Waals surface area (Å²) in [5.74, 6) is 1.53. The van der Waals surface area contributed by atoms with E-state index in [0.29, 0.717) is 0 Å². The molecule has 0 N–H and O–H groups in total. The van der Waals surface area contributed by atoms with Crippen molar-refractivity contribution in [3.8, 4) is 0 Å². The molecule has 4 aromatic carbocycles. The van der Waals surface area contributed by atoms with Crippen molar-refractivity contribution in [2.24, 2.45) is 11.8 Å². The summed E-state index contributed by atoms with van der Waals surface area (Å²) in [4.78, 5) is 0. The Bertz CT molecular complexity index is 1340. The number of rotatable bonds is 4. The lowest BCUT2D eigenvalue weighted by molar-refractivity contribution is -0.0904. The maximum absolute atomic E-state index is 2.48. The van der Waals surface area contributed by atoms with Crippen molar-refractivity contribution in [1.29, 1.82) is 0 Å². The first kappa shape index (κ1) is 26.7. The molecule has 0 aromatic heterocycles. The molecule has 38 heavy (non-hydrogen) atoms. The van der Waals surface area contributed by atoms with Gasteiger partial charge in [0.15, 0.2) is 0 Å². The van der Waals surface area contributed by atoms with Crippen LogP contribution in [-0.2, 0) is 16.2 Å². The van der Waals surface area contributed by atoms with Gasteiger partial charge >= 0.3 is 0 Å². The molecule has 192 valence electrons. The molecule has 4 heteroatoms. The summed E-state index contributed by atoms with van der Waals surface area (Å²) < 4.78 is 5.24. The van der Waals surface area contributed by atoms with Crippen molar-refractivity contribution >= 4 is 90.4 Å². The van der Waals surface area contributed by atoms with Crippen LogP contribution in [0.3, 0.4) is 0 Å². The van der Waals surface area contributed by atoms with Crippen molar-refractivity contribution < 1.29 is 0 Å². The molecule has 4 bridgehead atoms. The van der Waals surface area contributed by atoms with Crippen LogP contribution in [0.25, 0.3) is 0 Å². The van der Waals surface area contributed by atoms with Crippen molar-refractivity contribution in [2.45, 2.75) is 48.3 Å². The Hall–Kier alpha value is -0.200. The molecule has 4 aliphatic carbocycles. The summed E-state index contributed by atoms with van der Waals surface area (Å²) in [5.41, 5.74) is 6.01. The van der Waals surface area contributed by atoms with Crippen LogP contribution in [0, 0.1) is 26.1 Å². The van der Waals surface area contributed by atoms with Crippen LogP contribution in [0.15, 0.2) is 97.1 Å². The van der Waals surface area contributed by atoms with Gasteiger partial charge in [0.05, 0.1) is 0 Å². The first-order valence-corrected chi connectivity index (χ1v) is 17.7. The minimum Gasteiger partial charge on any atom is -0.0574 e. The van der Waals surface area contributed by atoms with Gasteiger partial charge in [0.1, 0.15) is 0 Å². The second-order valence-electron chi connectivity index (χ2n) is 11.7. The fraction of sp³-hybridized carbons (Fsp3) is 0.294. The van der Waals surface area contributed by atoms with Gasteiger partial charge in [0.25, 0.3) is 0 Å². The lowest BCUT2D eigenvalue weighted by atomic mass is 9.29. The Morgan fingerprint density at radius 3 is 0.947 bits per heavy atom. The van der Waals surface area contributed by atoms with Gasteiger partial charge in [-0.3, -0.25) is 0 Å². The molecular weight excluding hydrogens is 916 g/mol. The summed E-state index contributed by atoms with van der Waals surface area (Å²) in [5, 5.41) is 0. The Kier molecular flexibility index (Phi) is 7.00. The first-order valence-electron chi connectivity index (χ1n) is 13.4. The highest BCUT2D eigenvalue weighted by molar-refractivity contribution is 14.1. The molecule has 0 nitrogen and oxygen atoms in total. The summed E-state index contributed by atoms with van der Waals surface area (Å²) in [6, 6.07) is 38.6. The standard InChI is InChI=1S/C34H28I4/c35-28-9-1-24(2-10-28)32-18-22-17-23(19-32)21-33(20-22,25-3-11-29(36)12-4-25)34(32,26-5-13-30(37)14-6-26)27-7-15-31(38)16-8-27/h1-16,22-23H,17-21H2. The van der Waals surface area contributed by atoms with Crippen molar-refractivity contribution in [3.63, 3.8) is 0 Å². The minimum atomic E-state index is -0.151. The fourth-order valence-electron chi connectivity index (χ4n) is 9.27. The van der Waals surface area contributed by atoms with Crippen molar-refractivity contribution in [2.75, 3.05) is 0 Å². The number of halogens is 4. The first-order chi connectivity index (χ1) is 18.4. The third kappa shape index (κ3) is 3.87. The molecule has 0 radical (unpaired) electrons. The highest BCUT2D eigenvalue weighted by atomic mass is 127. The van der Waals surface area contributed by atoms with Gasteiger partial charge in [0.2, 0.25) is 0 Å². The Morgan fingerprint density at radius 2 is 0.658 bits per heavy atom. The molecule has 4 aliphatic rings. The van der Waals surface area contributed by atoms with Crippen LogP contribution in [0.2, 0.25) is 0 Å². The zero-order valence-corrected chi connectivity index (χ0v) is 29.6. The molecule has 0 unspecified atom stereocenters. The summed E-state index contributed by atoms with van der Waals surface area (Å²) >= 11 is 9.87. The third-order valence-corrected chi connectivity index (χ3v) is 12.9. The highest BCUT2D eigenvalue weighted by Crippen LogP contribution is 2.76. The van der Waals surface area contributed by atoms with Crippen LogP contribution < -0.4 is 0 Å². The van der Waals surface area contributed by atoms with E-state index in [2.05, 4.69) is 187 Å². The normalized spacial score (nSPS) is 28.9. The average molecular weight is 944 g/mol. The van der Waals surface area contributed by atoms with E-state index in [9.17, 15) is 0 Å². The zero-order chi connectivity index (χ0) is 26.1. The van der Waals surface area contributed by atoms with Crippen molar-refractivity contribution in [3.05, 3.63) is 134 Å². The van der Waals surface area contributed by atoms with E-state index >= 15 is 0 Å². The average Bonchev–Trinajstić information content (AvgIpc) is 2.91. The summed E-state index contributed by atoms with van der Waals surface area (Å²) in [7, 11) is 0. The van der Waals surface area contributed by atoms with E-state index < -0.39 is 0 Å². The van der Waals surface area contributed by atoms with Crippen LogP contribution in [0.1, 0.15) is 54.4 Å². The van der Waals surface area contributed by atoms with Crippen LogP contribution >= 0.6 is 90.4 Å². The van der Waals surface area contributed by atoms with Crippen LogP contribution in [0.4, 0.5) is 0 Å². The largest absolute Gasteiger partial charge is 0.0574 e. The number of hydrogen-bond donors (Lipinski definition) is 0. The zero-order valence-electron chi connectivity index (χ0n) is 20.9. The molecule has 4 aromatic rings. The lowest BCUT2D eigenvalue weighted by Gasteiger charge is -2.74. The van der Waals surface area contributed by atoms with Gasteiger partial charge in [-0.05, 0) is 205 Å². The molecule has 0 heterocycles. The van der Waals surface area contributed by atoms with Crippen LogP contribution in [-0.4, -0.2) is 0 Å². The predicted octanol–water partition coefficient (Wildman–Crippen LogP) is 10.5. The second kappa shape index (κ2) is 9.96. The topological polar surface area (TPSA) is 0 Å².